The van der Waals surface area contributed by atoms with Crippen LogP contribution in [0.2, 0.25) is 0 Å². The first-order chi connectivity index (χ1) is 23.4. The molecule has 0 radical (unpaired) electrons. The number of carbonyl (C=O) groups excluding carboxylic acids is 2. The predicted molar refractivity (Wildman–Crippen MR) is 193 cm³/mol. The Morgan fingerprint density at radius 2 is 1.55 bits per heavy atom. The average molecular weight is 663 g/mol. The number of likely N-dealkylation sites (N-methyl/N-ethyl adjacent to an activating group) is 1. The van der Waals surface area contributed by atoms with Crippen molar-refractivity contribution in [3.63, 3.8) is 0 Å². The van der Waals surface area contributed by atoms with Gasteiger partial charge < -0.3 is 19.7 Å². The molecule has 1 aromatic heterocycles. The first kappa shape index (κ1) is 35.3. The Balaban J connectivity index is 1.51. The Bertz CT molecular complexity index is 1880. The van der Waals surface area contributed by atoms with Crippen LogP contribution in [0.4, 0.5) is 0 Å². The van der Waals surface area contributed by atoms with Crippen LogP contribution in [-0.2, 0) is 38.5 Å². The second kappa shape index (κ2) is 15.9. The smallest absolute Gasteiger partial charge is 0.307 e. The number of amides is 1. The number of fused-ring (bicyclic) bond motifs is 2. The number of esters is 1. The number of hydrogen-bond acceptors (Lipinski definition) is 6. The second-order valence-corrected chi connectivity index (χ2v) is 13.6. The number of hydrazine groups is 1. The van der Waals surface area contributed by atoms with Gasteiger partial charge in [-0.1, -0.05) is 91.0 Å². The van der Waals surface area contributed by atoms with E-state index in [1.807, 2.05) is 118 Å². The van der Waals surface area contributed by atoms with E-state index in [-0.39, 0.29) is 25.3 Å². The van der Waals surface area contributed by atoms with Crippen molar-refractivity contribution in [3.05, 3.63) is 120 Å². The first-order valence-corrected chi connectivity index (χ1v) is 16.7. The molecule has 0 fully saturated rings. The van der Waals surface area contributed by atoms with Crippen LogP contribution in [0.5, 0.6) is 0 Å². The summed E-state index contributed by atoms with van der Waals surface area (Å²) in [6.07, 6.45) is 2.42. The van der Waals surface area contributed by atoms with E-state index >= 15 is 0 Å². The van der Waals surface area contributed by atoms with Crippen LogP contribution < -0.4 is 5.43 Å². The maximum Gasteiger partial charge on any atom is 0.307 e. The topological polar surface area (TPSA) is 115 Å². The second-order valence-electron chi connectivity index (χ2n) is 13.6. The highest BCUT2D eigenvalue weighted by atomic mass is 16.6. The first-order valence-electron chi connectivity index (χ1n) is 16.7. The van der Waals surface area contributed by atoms with Crippen molar-refractivity contribution in [1.82, 2.24) is 20.3 Å². The van der Waals surface area contributed by atoms with Gasteiger partial charge in [-0.15, -0.1) is 0 Å². The molecule has 0 aliphatic carbocycles. The van der Waals surface area contributed by atoms with Crippen molar-refractivity contribution < 1.29 is 24.2 Å². The van der Waals surface area contributed by atoms with Crippen LogP contribution in [0.15, 0.2) is 103 Å². The number of rotatable bonds is 15. The number of aromatic nitrogens is 1. The van der Waals surface area contributed by atoms with Gasteiger partial charge in [-0.3, -0.25) is 19.8 Å². The molecule has 2 atom stereocenters. The molecule has 1 amide bonds. The summed E-state index contributed by atoms with van der Waals surface area (Å²) in [5.74, 6) is -1.53. The van der Waals surface area contributed by atoms with Crippen molar-refractivity contribution >= 4 is 39.5 Å². The van der Waals surface area contributed by atoms with Crippen molar-refractivity contribution in [3.8, 4) is 0 Å². The molecule has 0 saturated carbocycles. The molecule has 0 spiro atoms. The quantitative estimate of drug-likeness (QED) is 0.0865. The number of hydrogen-bond donors (Lipinski definition) is 3. The fourth-order valence-electron chi connectivity index (χ4n) is 6.20. The Labute approximate surface area is 287 Å². The lowest BCUT2D eigenvalue weighted by Gasteiger charge is -2.36. The molecule has 256 valence electrons. The summed E-state index contributed by atoms with van der Waals surface area (Å²) in [5, 5.41) is 14.9. The van der Waals surface area contributed by atoms with E-state index in [1.54, 1.807) is 17.0 Å². The maximum absolute atomic E-state index is 14.5. The molecular formula is C40H46N4O5. The number of nitrogens with zero attached hydrogens (tertiary/aromatic N) is 2. The number of aromatic amines is 1. The summed E-state index contributed by atoms with van der Waals surface area (Å²) in [6.45, 7) is 5.96. The zero-order valence-electron chi connectivity index (χ0n) is 28.7. The standard InChI is InChI=1S/C40H46N4O5/c1-40(2,3)49-38(47)20-21-44(42-33(25-37(45)46)24-32-26-41-35-17-11-10-16-34(32)35)36(39(48)43(4)27-28-12-6-5-7-13-28)23-29-18-19-30-14-8-9-15-31(30)22-29/h5-19,22,26,33,36,41-42H,20-21,23-25,27H2,1-4H3,(H,45,46)/t33-,36-/m0/s1. The van der Waals surface area contributed by atoms with Crippen LogP contribution in [0.25, 0.3) is 21.7 Å². The molecule has 49 heavy (non-hydrogen) atoms. The Hall–Kier alpha value is -4.99. The summed E-state index contributed by atoms with van der Waals surface area (Å²) >= 11 is 0. The Morgan fingerprint density at radius 1 is 0.857 bits per heavy atom. The molecule has 5 rings (SSSR count). The highest BCUT2D eigenvalue weighted by Crippen LogP contribution is 2.23. The third kappa shape index (κ3) is 10.0. The minimum absolute atomic E-state index is 0.00104. The highest BCUT2D eigenvalue weighted by Gasteiger charge is 2.32. The number of H-pyrrole nitrogens is 1. The number of aliphatic carboxylic acids is 1. The van der Waals surface area contributed by atoms with E-state index in [4.69, 9.17) is 4.74 Å². The third-order valence-electron chi connectivity index (χ3n) is 8.43. The number of carboxylic acid groups (broad SMARTS) is 1. The normalized spacial score (nSPS) is 13.0. The number of ether oxygens (including phenoxy) is 1. The molecular weight excluding hydrogens is 616 g/mol. The summed E-state index contributed by atoms with van der Waals surface area (Å²) in [4.78, 5) is 44.8. The maximum atomic E-state index is 14.5. The fourth-order valence-corrected chi connectivity index (χ4v) is 6.20. The van der Waals surface area contributed by atoms with Crippen molar-refractivity contribution in [2.75, 3.05) is 13.6 Å². The van der Waals surface area contributed by atoms with Gasteiger partial charge in [0.1, 0.15) is 11.6 Å². The summed E-state index contributed by atoms with van der Waals surface area (Å²) in [5.41, 5.74) is 6.62. The lowest BCUT2D eigenvalue weighted by molar-refractivity contribution is -0.156. The number of carbonyl (C=O) groups is 3. The Kier molecular flexibility index (Phi) is 11.5. The summed E-state index contributed by atoms with van der Waals surface area (Å²) in [7, 11) is 1.77. The predicted octanol–water partition coefficient (Wildman–Crippen LogP) is 6.52. The highest BCUT2D eigenvalue weighted by molar-refractivity contribution is 5.85. The van der Waals surface area contributed by atoms with Gasteiger partial charge in [0.25, 0.3) is 0 Å². The molecule has 0 aliphatic rings. The minimum Gasteiger partial charge on any atom is -0.481 e. The fraction of sp³-hybridized carbons (Fsp3) is 0.325. The van der Waals surface area contributed by atoms with Crippen LogP contribution in [-0.4, -0.2) is 69.1 Å². The lowest BCUT2D eigenvalue weighted by Crippen LogP contribution is -2.58. The lowest BCUT2D eigenvalue weighted by atomic mass is 9.99. The molecule has 0 unspecified atom stereocenters. The minimum atomic E-state index is -0.969. The van der Waals surface area contributed by atoms with Crippen LogP contribution in [0, 0.1) is 0 Å². The zero-order chi connectivity index (χ0) is 35.0. The van der Waals surface area contributed by atoms with Crippen molar-refractivity contribution in [2.24, 2.45) is 0 Å². The van der Waals surface area contributed by atoms with Gasteiger partial charge in [-0.25, -0.2) is 5.01 Å². The van der Waals surface area contributed by atoms with E-state index in [1.165, 1.54) is 0 Å². The monoisotopic (exact) mass is 662 g/mol. The number of carboxylic acids is 1. The number of nitrogens with one attached hydrogen (secondary N) is 2. The van der Waals surface area contributed by atoms with Gasteiger partial charge in [-0.2, -0.15) is 0 Å². The van der Waals surface area contributed by atoms with Crippen molar-refractivity contribution in [2.45, 2.75) is 70.7 Å². The molecule has 3 N–H and O–H groups in total. The van der Waals surface area contributed by atoms with Crippen LogP contribution in [0.1, 0.15) is 50.3 Å². The van der Waals surface area contributed by atoms with Crippen molar-refractivity contribution in [1.29, 1.82) is 0 Å². The number of benzene rings is 4. The Morgan fingerprint density at radius 3 is 2.29 bits per heavy atom. The van der Waals surface area contributed by atoms with E-state index in [0.717, 1.165) is 38.4 Å². The molecule has 0 aliphatic heterocycles. The molecule has 5 aromatic rings. The molecule has 4 aromatic carbocycles. The summed E-state index contributed by atoms with van der Waals surface area (Å²) < 4.78 is 5.64. The number of para-hydroxylation sites is 1. The van der Waals surface area contributed by atoms with Crippen LogP contribution in [0.3, 0.4) is 0 Å². The van der Waals surface area contributed by atoms with E-state index in [9.17, 15) is 19.5 Å². The average Bonchev–Trinajstić information content (AvgIpc) is 3.47. The SMILES string of the molecule is CN(Cc1ccccc1)C(=O)[C@H](Cc1ccc2ccccc2c1)N(CCC(=O)OC(C)(C)C)N[C@H](CC(=O)O)Cc1c[nH]c2ccccc12. The van der Waals surface area contributed by atoms with E-state index in [0.29, 0.717) is 19.4 Å². The largest absolute Gasteiger partial charge is 0.481 e. The van der Waals surface area contributed by atoms with Gasteiger partial charge in [0, 0.05) is 43.3 Å². The third-order valence-corrected chi connectivity index (χ3v) is 8.43. The molecule has 0 bridgehead atoms. The van der Waals surface area contributed by atoms with Crippen LogP contribution >= 0.6 is 0 Å². The van der Waals surface area contributed by atoms with Gasteiger partial charge in [0.05, 0.1) is 12.8 Å². The van der Waals surface area contributed by atoms with E-state index < -0.39 is 29.6 Å². The summed E-state index contributed by atoms with van der Waals surface area (Å²) in [6, 6.07) is 30.5. The molecule has 9 heteroatoms. The molecule has 0 saturated heterocycles. The molecule has 9 nitrogen and oxygen atoms in total. The zero-order valence-corrected chi connectivity index (χ0v) is 28.7. The van der Waals surface area contributed by atoms with Gasteiger partial charge in [0.2, 0.25) is 5.91 Å². The van der Waals surface area contributed by atoms with Gasteiger partial charge in [-0.05, 0) is 67.1 Å². The molecule has 1 heterocycles. The van der Waals surface area contributed by atoms with Gasteiger partial charge in [0.15, 0.2) is 0 Å². The van der Waals surface area contributed by atoms with E-state index in [2.05, 4.69) is 16.5 Å². The van der Waals surface area contributed by atoms with Gasteiger partial charge >= 0.3 is 11.9 Å².